The number of aryl methyl sites for hydroxylation is 1. The summed E-state index contributed by atoms with van der Waals surface area (Å²) < 4.78 is 3.55. The van der Waals surface area contributed by atoms with Gasteiger partial charge in [-0.1, -0.05) is 67.4 Å². The van der Waals surface area contributed by atoms with Crippen LogP contribution in [0, 0.1) is 0 Å². The van der Waals surface area contributed by atoms with Crippen LogP contribution in [-0.4, -0.2) is 4.57 Å². The SMILES string of the molecule is CCCCCCCCCn1ccc2ccc(Br)cc21. The largest absolute Gasteiger partial charge is 0.347 e. The summed E-state index contributed by atoms with van der Waals surface area (Å²) in [6, 6.07) is 8.72. The highest BCUT2D eigenvalue weighted by Gasteiger charge is 2.01. The number of nitrogens with zero attached hydrogens (tertiary/aromatic N) is 1. The van der Waals surface area contributed by atoms with Gasteiger partial charge in [-0.15, -0.1) is 0 Å². The van der Waals surface area contributed by atoms with Crippen LogP contribution in [0.15, 0.2) is 34.9 Å². The third kappa shape index (κ3) is 4.38. The second-order valence-corrected chi connectivity index (χ2v) is 6.25. The van der Waals surface area contributed by atoms with Gasteiger partial charge < -0.3 is 4.57 Å². The molecular weight excluding hydrogens is 298 g/mol. The molecule has 1 nitrogen and oxygen atoms in total. The molecule has 0 unspecified atom stereocenters. The molecule has 2 rings (SSSR count). The van der Waals surface area contributed by atoms with Crippen molar-refractivity contribution in [1.29, 1.82) is 0 Å². The van der Waals surface area contributed by atoms with Crippen LogP contribution >= 0.6 is 15.9 Å². The smallest absolute Gasteiger partial charge is 0.0491 e. The Bertz CT molecular complexity index is 501. The van der Waals surface area contributed by atoms with Crippen molar-refractivity contribution in [3.8, 4) is 0 Å². The van der Waals surface area contributed by atoms with Crippen LogP contribution < -0.4 is 0 Å². The minimum atomic E-state index is 1.15. The first-order valence-electron chi connectivity index (χ1n) is 7.55. The van der Waals surface area contributed by atoms with E-state index in [9.17, 15) is 0 Å². The lowest BCUT2D eigenvalue weighted by Gasteiger charge is -2.06. The van der Waals surface area contributed by atoms with Crippen LogP contribution in [0.25, 0.3) is 10.9 Å². The maximum absolute atomic E-state index is 3.56. The molecule has 1 heterocycles. The zero-order valence-corrected chi connectivity index (χ0v) is 13.5. The number of rotatable bonds is 8. The summed E-state index contributed by atoms with van der Waals surface area (Å²) >= 11 is 3.56. The van der Waals surface area contributed by atoms with Crippen molar-refractivity contribution >= 4 is 26.8 Å². The highest BCUT2D eigenvalue weighted by molar-refractivity contribution is 9.10. The van der Waals surface area contributed by atoms with Crippen LogP contribution in [0.5, 0.6) is 0 Å². The van der Waals surface area contributed by atoms with E-state index < -0.39 is 0 Å². The average Bonchev–Trinajstić information content (AvgIpc) is 2.80. The predicted molar refractivity (Wildman–Crippen MR) is 87.6 cm³/mol. The molecule has 0 saturated carbocycles. The molecule has 0 saturated heterocycles. The van der Waals surface area contributed by atoms with Gasteiger partial charge in [0.1, 0.15) is 0 Å². The lowest BCUT2D eigenvalue weighted by atomic mass is 10.1. The Morgan fingerprint density at radius 2 is 1.68 bits per heavy atom. The summed E-state index contributed by atoms with van der Waals surface area (Å²) in [5.74, 6) is 0. The standard InChI is InChI=1S/C17H24BrN/c1-2-3-4-5-6-7-8-12-19-13-11-15-9-10-16(18)14-17(15)19/h9-11,13-14H,2-8,12H2,1H3. The summed E-state index contributed by atoms with van der Waals surface area (Å²) in [7, 11) is 0. The van der Waals surface area contributed by atoms with Crippen molar-refractivity contribution < 1.29 is 0 Å². The molecule has 0 aliphatic rings. The van der Waals surface area contributed by atoms with E-state index >= 15 is 0 Å². The van der Waals surface area contributed by atoms with Gasteiger partial charge in [-0.2, -0.15) is 0 Å². The number of aromatic nitrogens is 1. The summed E-state index contributed by atoms with van der Waals surface area (Å²) in [6.45, 7) is 3.42. The second kappa shape index (κ2) is 7.74. The van der Waals surface area contributed by atoms with E-state index in [0.29, 0.717) is 0 Å². The van der Waals surface area contributed by atoms with Crippen molar-refractivity contribution in [3.05, 3.63) is 34.9 Å². The van der Waals surface area contributed by atoms with Crippen molar-refractivity contribution in [2.75, 3.05) is 0 Å². The molecule has 2 heteroatoms. The highest BCUT2D eigenvalue weighted by Crippen LogP contribution is 2.21. The van der Waals surface area contributed by atoms with Gasteiger partial charge >= 0.3 is 0 Å². The van der Waals surface area contributed by atoms with E-state index in [2.05, 4.69) is 57.9 Å². The van der Waals surface area contributed by atoms with Gasteiger partial charge in [-0.25, -0.2) is 0 Å². The van der Waals surface area contributed by atoms with E-state index in [1.54, 1.807) is 0 Å². The van der Waals surface area contributed by atoms with E-state index in [4.69, 9.17) is 0 Å². The normalized spacial score (nSPS) is 11.3. The van der Waals surface area contributed by atoms with Crippen LogP contribution in [0.4, 0.5) is 0 Å². The molecule has 19 heavy (non-hydrogen) atoms. The van der Waals surface area contributed by atoms with E-state index in [1.807, 2.05) is 0 Å². The number of hydrogen-bond donors (Lipinski definition) is 0. The van der Waals surface area contributed by atoms with Gasteiger partial charge in [0.25, 0.3) is 0 Å². The number of halogens is 1. The molecule has 1 aromatic heterocycles. The van der Waals surface area contributed by atoms with Crippen molar-refractivity contribution in [1.82, 2.24) is 4.57 Å². The monoisotopic (exact) mass is 321 g/mol. The first kappa shape index (κ1) is 14.6. The molecule has 0 atom stereocenters. The fourth-order valence-electron chi connectivity index (χ4n) is 2.59. The fourth-order valence-corrected chi connectivity index (χ4v) is 2.94. The minimum absolute atomic E-state index is 1.15. The average molecular weight is 322 g/mol. The quantitative estimate of drug-likeness (QED) is 0.513. The molecule has 2 aromatic rings. The molecule has 104 valence electrons. The Labute approximate surface area is 125 Å². The molecule has 0 radical (unpaired) electrons. The molecule has 0 bridgehead atoms. The minimum Gasteiger partial charge on any atom is -0.347 e. The van der Waals surface area contributed by atoms with E-state index in [1.165, 1.54) is 60.3 Å². The lowest BCUT2D eigenvalue weighted by molar-refractivity contribution is 0.556. The van der Waals surface area contributed by atoms with Crippen molar-refractivity contribution in [3.63, 3.8) is 0 Å². The lowest BCUT2D eigenvalue weighted by Crippen LogP contribution is -1.95. The van der Waals surface area contributed by atoms with Gasteiger partial charge in [0.15, 0.2) is 0 Å². The Kier molecular flexibility index (Phi) is 5.96. The molecule has 0 aliphatic carbocycles. The maximum Gasteiger partial charge on any atom is 0.0491 e. The predicted octanol–water partition coefficient (Wildman–Crippen LogP) is 6.15. The maximum atomic E-state index is 3.56. The van der Waals surface area contributed by atoms with Crippen LogP contribution in [0.2, 0.25) is 0 Å². The molecule has 0 spiro atoms. The topological polar surface area (TPSA) is 4.93 Å². The summed E-state index contributed by atoms with van der Waals surface area (Å²) in [4.78, 5) is 0. The van der Waals surface area contributed by atoms with Gasteiger partial charge in [-0.05, 0) is 30.0 Å². The highest BCUT2D eigenvalue weighted by atomic mass is 79.9. The first-order chi connectivity index (χ1) is 9.31. The number of unbranched alkanes of at least 4 members (excludes halogenated alkanes) is 6. The summed E-state index contributed by atoms with van der Waals surface area (Å²) in [6.07, 6.45) is 11.8. The van der Waals surface area contributed by atoms with Gasteiger partial charge in [0.05, 0.1) is 0 Å². The van der Waals surface area contributed by atoms with Crippen LogP contribution in [-0.2, 0) is 6.54 Å². The van der Waals surface area contributed by atoms with Crippen molar-refractivity contribution in [2.45, 2.75) is 58.4 Å². The van der Waals surface area contributed by atoms with Gasteiger partial charge in [-0.3, -0.25) is 0 Å². The molecular formula is C17H24BrN. The third-order valence-electron chi connectivity index (χ3n) is 3.74. The zero-order valence-electron chi connectivity index (χ0n) is 11.9. The van der Waals surface area contributed by atoms with E-state index in [-0.39, 0.29) is 0 Å². The number of benzene rings is 1. The Hall–Kier alpha value is -0.760. The van der Waals surface area contributed by atoms with E-state index in [0.717, 1.165) is 6.54 Å². The molecule has 0 N–H and O–H groups in total. The van der Waals surface area contributed by atoms with Crippen LogP contribution in [0.1, 0.15) is 51.9 Å². The molecule has 1 aromatic carbocycles. The number of fused-ring (bicyclic) bond motifs is 1. The van der Waals surface area contributed by atoms with Crippen molar-refractivity contribution in [2.24, 2.45) is 0 Å². The molecule has 0 aliphatic heterocycles. The summed E-state index contributed by atoms with van der Waals surface area (Å²) in [5.41, 5.74) is 1.35. The summed E-state index contributed by atoms with van der Waals surface area (Å²) in [5, 5.41) is 1.34. The Morgan fingerprint density at radius 3 is 2.47 bits per heavy atom. The van der Waals surface area contributed by atoms with Crippen LogP contribution in [0.3, 0.4) is 0 Å². The first-order valence-corrected chi connectivity index (χ1v) is 8.35. The second-order valence-electron chi connectivity index (χ2n) is 5.33. The third-order valence-corrected chi connectivity index (χ3v) is 4.23. The molecule has 0 amide bonds. The van der Waals surface area contributed by atoms with Gasteiger partial charge in [0.2, 0.25) is 0 Å². The fraction of sp³-hybridized carbons (Fsp3) is 0.529. The van der Waals surface area contributed by atoms with Gasteiger partial charge in [0, 0.05) is 22.7 Å². The Balaban J connectivity index is 1.77. The zero-order chi connectivity index (χ0) is 13.5. The Morgan fingerprint density at radius 1 is 0.947 bits per heavy atom. The number of hydrogen-bond acceptors (Lipinski definition) is 0. The molecule has 0 fully saturated rings.